The van der Waals surface area contributed by atoms with E-state index in [1.165, 1.54) is 0 Å². The Morgan fingerprint density at radius 1 is 1.21 bits per heavy atom. The summed E-state index contributed by atoms with van der Waals surface area (Å²) in [6.45, 7) is 4.32. The third kappa shape index (κ3) is 8.19. The Kier molecular flexibility index (Phi) is 10.8. The van der Waals surface area contributed by atoms with Crippen LogP contribution < -0.4 is 15.4 Å². The zero-order valence-corrected chi connectivity index (χ0v) is 16.7. The number of aliphatic hydroxyl groups excluding tert-OH is 1. The third-order valence-corrected chi connectivity index (χ3v) is 3.97. The minimum Gasteiger partial charge on any atom is -0.494 e. The molecule has 0 aromatic heterocycles. The maximum atomic E-state index is 9.57. The monoisotopic (exact) mass is 447 g/mol. The molecule has 3 N–H and O–H groups in total. The molecule has 1 fully saturated rings. The Morgan fingerprint density at radius 3 is 2.58 bits per heavy atom. The molecule has 1 aliphatic rings. The van der Waals surface area contributed by atoms with Crippen LogP contribution in [-0.2, 0) is 0 Å². The number of para-hydroxylation sites is 1. The number of benzene rings is 1. The zero-order valence-electron chi connectivity index (χ0n) is 14.4. The van der Waals surface area contributed by atoms with Gasteiger partial charge < -0.3 is 20.5 Å². The Labute approximate surface area is 162 Å². The summed E-state index contributed by atoms with van der Waals surface area (Å²) < 4.78 is 5.67. The molecule has 0 unspecified atom stereocenters. The van der Waals surface area contributed by atoms with Gasteiger partial charge in [0, 0.05) is 25.6 Å². The molecule has 1 aliphatic carbocycles. The highest BCUT2D eigenvalue weighted by molar-refractivity contribution is 14.0. The van der Waals surface area contributed by atoms with Gasteiger partial charge in [0.1, 0.15) is 5.75 Å². The number of hydrogen-bond acceptors (Lipinski definition) is 3. The highest BCUT2D eigenvalue weighted by Gasteiger charge is 2.19. The quantitative estimate of drug-likeness (QED) is 0.260. The number of aliphatic hydroxyl groups is 1. The van der Waals surface area contributed by atoms with Crippen molar-refractivity contribution in [2.75, 3.05) is 19.7 Å². The van der Waals surface area contributed by atoms with E-state index in [-0.39, 0.29) is 30.1 Å². The molecule has 1 aromatic carbocycles. The molecule has 0 heterocycles. The number of nitrogens with one attached hydrogen (secondary N) is 2. The Bertz CT molecular complexity index is 463. The van der Waals surface area contributed by atoms with E-state index in [1.54, 1.807) is 0 Å². The second-order valence-corrected chi connectivity index (χ2v) is 5.93. The van der Waals surface area contributed by atoms with Crippen molar-refractivity contribution in [3.05, 3.63) is 30.3 Å². The fourth-order valence-corrected chi connectivity index (χ4v) is 2.70. The molecule has 24 heavy (non-hydrogen) atoms. The average Bonchev–Trinajstić information content (AvgIpc) is 2.57. The molecule has 6 heteroatoms. The van der Waals surface area contributed by atoms with Crippen LogP contribution in [0.15, 0.2) is 35.3 Å². The molecule has 0 radical (unpaired) electrons. The van der Waals surface area contributed by atoms with Gasteiger partial charge in [-0.25, -0.2) is 0 Å². The van der Waals surface area contributed by atoms with Crippen molar-refractivity contribution in [3.8, 4) is 5.75 Å². The topological polar surface area (TPSA) is 65.9 Å². The Morgan fingerprint density at radius 2 is 1.92 bits per heavy atom. The third-order valence-electron chi connectivity index (χ3n) is 3.97. The number of rotatable bonds is 7. The van der Waals surface area contributed by atoms with Crippen LogP contribution in [0.4, 0.5) is 0 Å². The lowest BCUT2D eigenvalue weighted by Gasteiger charge is -2.27. The van der Waals surface area contributed by atoms with Crippen molar-refractivity contribution in [1.82, 2.24) is 10.6 Å². The van der Waals surface area contributed by atoms with Crippen LogP contribution in [0.2, 0.25) is 0 Å². The normalized spacial score (nSPS) is 20.8. The van der Waals surface area contributed by atoms with Crippen LogP contribution in [-0.4, -0.2) is 42.9 Å². The van der Waals surface area contributed by atoms with E-state index in [2.05, 4.69) is 22.5 Å². The van der Waals surface area contributed by atoms with Gasteiger partial charge in [-0.1, -0.05) is 18.2 Å². The van der Waals surface area contributed by atoms with Crippen LogP contribution in [0.5, 0.6) is 5.75 Å². The predicted octanol–water partition coefficient (Wildman–Crippen LogP) is 2.93. The first-order chi connectivity index (χ1) is 11.3. The molecule has 1 aromatic rings. The van der Waals surface area contributed by atoms with Gasteiger partial charge in [-0.3, -0.25) is 4.99 Å². The molecule has 136 valence electrons. The number of guanidine groups is 1. The molecule has 2 rings (SSSR count). The van der Waals surface area contributed by atoms with E-state index >= 15 is 0 Å². The van der Waals surface area contributed by atoms with Gasteiger partial charge in [0.05, 0.1) is 12.7 Å². The Hall–Kier alpha value is -1.02. The van der Waals surface area contributed by atoms with Crippen molar-refractivity contribution < 1.29 is 9.84 Å². The second-order valence-electron chi connectivity index (χ2n) is 5.93. The van der Waals surface area contributed by atoms with Crippen molar-refractivity contribution in [2.24, 2.45) is 4.99 Å². The highest BCUT2D eigenvalue weighted by atomic mass is 127. The smallest absolute Gasteiger partial charge is 0.191 e. The van der Waals surface area contributed by atoms with Crippen LogP contribution in [0.25, 0.3) is 0 Å². The van der Waals surface area contributed by atoms with Gasteiger partial charge >= 0.3 is 0 Å². The number of aliphatic imine (C=N–C) groups is 1. The van der Waals surface area contributed by atoms with Gasteiger partial charge in [0.2, 0.25) is 0 Å². The fraction of sp³-hybridized carbons (Fsp3) is 0.611. The summed E-state index contributed by atoms with van der Waals surface area (Å²) in [6, 6.07) is 10.3. The maximum Gasteiger partial charge on any atom is 0.191 e. The van der Waals surface area contributed by atoms with E-state index in [4.69, 9.17) is 4.74 Å². The summed E-state index contributed by atoms with van der Waals surface area (Å²) in [4.78, 5) is 4.61. The highest BCUT2D eigenvalue weighted by Crippen LogP contribution is 2.18. The summed E-state index contributed by atoms with van der Waals surface area (Å²) >= 11 is 0. The first-order valence-electron chi connectivity index (χ1n) is 8.68. The largest absolute Gasteiger partial charge is 0.494 e. The van der Waals surface area contributed by atoms with Gasteiger partial charge in [0.15, 0.2) is 5.96 Å². The molecule has 0 atom stereocenters. The minimum atomic E-state index is -0.122. The van der Waals surface area contributed by atoms with Crippen molar-refractivity contribution >= 4 is 29.9 Å². The Balaban J connectivity index is 0.00000288. The van der Waals surface area contributed by atoms with E-state index in [9.17, 15) is 5.11 Å². The molecule has 1 saturated carbocycles. The molecule has 5 nitrogen and oxygen atoms in total. The van der Waals surface area contributed by atoms with E-state index in [0.29, 0.717) is 12.6 Å². The van der Waals surface area contributed by atoms with Crippen LogP contribution >= 0.6 is 24.0 Å². The zero-order chi connectivity index (χ0) is 16.3. The number of halogens is 1. The van der Waals surface area contributed by atoms with Gasteiger partial charge in [-0.05, 0) is 44.7 Å². The molecule has 0 bridgehead atoms. The molecule has 0 saturated heterocycles. The number of hydrogen-bond donors (Lipinski definition) is 3. The standard InChI is InChI=1S/C18H29N3O2.HI/c1-2-19-18(21-15-9-11-16(22)12-10-15)20-13-6-14-23-17-7-4-3-5-8-17;/h3-5,7-8,15-16,22H,2,6,9-14H2,1H3,(H2,19,20,21);1H. The van der Waals surface area contributed by atoms with Crippen LogP contribution in [0, 0.1) is 0 Å². The van der Waals surface area contributed by atoms with Gasteiger partial charge in [-0.15, -0.1) is 24.0 Å². The first kappa shape index (κ1) is 21.0. The fourth-order valence-electron chi connectivity index (χ4n) is 2.70. The van der Waals surface area contributed by atoms with E-state index in [1.807, 2.05) is 30.3 Å². The maximum absolute atomic E-state index is 9.57. The van der Waals surface area contributed by atoms with E-state index in [0.717, 1.165) is 56.9 Å². The summed E-state index contributed by atoms with van der Waals surface area (Å²) in [5.41, 5.74) is 0. The number of ether oxygens (including phenoxy) is 1. The SMILES string of the molecule is CCNC(=NCCCOc1ccccc1)NC1CCC(O)CC1.I. The average molecular weight is 447 g/mol. The van der Waals surface area contributed by atoms with Crippen molar-refractivity contribution in [3.63, 3.8) is 0 Å². The second kappa shape index (κ2) is 12.4. The first-order valence-corrected chi connectivity index (χ1v) is 8.68. The number of nitrogens with zero attached hydrogens (tertiary/aromatic N) is 1. The summed E-state index contributed by atoms with van der Waals surface area (Å²) in [7, 11) is 0. The summed E-state index contributed by atoms with van der Waals surface area (Å²) in [5, 5.41) is 16.3. The minimum absolute atomic E-state index is 0. The van der Waals surface area contributed by atoms with Crippen molar-refractivity contribution in [1.29, 1.82) is 0 Å². The lowest BCUT2D eigenvalue weighted by atomic mass is 9.93. The molecule has 0 aliphatic heterocycles. The lowest BCUT2D eigenvalue weighted by Crippen LogP contribution is -2.45. The summed E-state index contributed by atoms with van der Waals surface area (Å²) in [5.74, 6) is 1.77. The molecular formula is C18H30IN3O2. The molecule has 0 spiro atoms. The lowest BCUT2D eigenvalue weighted by molar-refractivity contribution is 0.120. The van der Waals surface area contributed by atoms with Crippen LogP contribution in [0.1, 0.15) is 39.0 Å². The predicted molar refractivity (Wildman–Crippen MR) is 109 cm³/mol. The van der Waals surface area contributed by atoms with Crippen LogP contribution in [0.3, 0.4) is 0 Å². The molecule has 0 amide bonds. The van der Waals surface area contributed by atoms with Gasteiger partial charge in [0.25, 0.3) is 0 Å². The van der Waals surface area contributed by atoms with Crippen molar-refractivity contribution in [2.45, 2.75) is 51.2 Å². The van der Waals surface area contributed by atoms with Gasteiger partial charge in [-0.2, -0.15) is 0 Å². The molecular weight excluding hydrogens is 417 g/mol. The van der Waals surface area contributed by atoms with E-state index < -0.39 is 0 Å². The summed E-state index contributed by atoms with van der Waals surface area (Å²) in [6.07, 6.45) is 4.52.